The van der Waals surface area contributed by atoms with Gasteiger partial charge in [0.15, 0.2) is 0 Å². The number of benzene rings is 1. The van der Waals surface area contributed by atoms with Crippen molar-refractivity contribution in [1.82, 2.24) is 4.98 Å². The van der Waals surface area contributed by atoms with Crippen LogP contribution in [-0.4, -0.2) is 4.98 Å². The van der Waals surface area contributed by atoms with E-state index in [1.807, 2.05) is 12.1 Å². The molecule has 0 saturated carbocycles. The minimum atomic E-state index is 1.07. The van der Waals surface area contributed by atoms with Gasteiger partial charge in [-0.2, -0.15) is 0 Å². The van der Waals surface area contributed by atoms with Crippen molar-refractivity contribution in [2.75, 3.05) is 0 Å². The lowest BCUT2D eigenvalue weighted by Gasteiger charge is -2.07. The highest BCUT2D eigenvalue weighted by Crippen LogP contribution is 2.21. The zero-order valence-electron chi connectivity index (χ0n) is 9.06. The van der Waals surface area contributed by atoms with Crippen molar-refractivity contribution in [2.24, 2.45) is 0 Å². The zero-order valence-corrected chi connectivity index (χ0v) is 9.06. The fourth-order valence-corrected chi connectivity index (χ4v) is 2.03. The molecule has 3 rings (SSSR count). The van der Waals surface area contributed by atoms with Gasteiger partial charge in [-0.05, 0) is 30.5 Å². The molecule has 0 spiro atoms. The lowest BCUT2D eigenvalue weighted by atomic mass is 10.0. The van der Waals surface area contributed by atoms with Gasteiger partial charge in [-0.15, -0.1) is 0 Å². The van der Waals surface area contributed by atoms with Crippen molar-refractivity contribution in [3.63, 3.8) is 0 Å². The summed E-state index contributed by atoms with van der Waals surface area (Å²) in [5.41, 5.74) is 3.39. The first-order valence-corrected chi connectivity index (χ1v) is 5.66. The first kappa shape index (κ1) is 9.34. The summed E-state index contributed by atoms with van der Waals surface area (Å²) in [5.74, 6) is 0. The van der Waals surface area contributed by atoms with Gasteiger partial charge in [0.1, 0.15) is 0 Å². The molecule has 1 heterocycles. The van der Waals surface area contributed by atoms with Gasteiger partial charge in [-0.1, -0.05) is 42.5 Å². The van der Waals surface area contributed by atoms with Gasteiger partial charge < -0.3 is 0 Å². The molecule has 0 saturated heterocycles. The van der Waals surface area contributed by atoms with Crippen LogP contribution in [0, 0.1) is 0 Å². The summed E-state index contributed by atoms with van der Waals surface area (Å²) in [6, 6.07) is 12.5. The van der Waals surface area contributed by atoms with Crippen LogP contribution < -0.4 is 0 Å². The Bertz CT molecular complexity index is 579. The number of aromatic nitrogens is 1. The van der Waals surface area contributed by atoms with Gasteiger partial charge in [0.25, 0.3) is 0 Å². The van der Waals surface area contributed by atoms with E-state index in [-0.39, 0.29) is 0 Å². The normalized spacial score (nSPS) is 15.1. The van der Waals surface area contributed by atoms with E-state index >= 15 is 0 Å². The highest BCUT2D eigenvalue weighted by molar-refractivity contribution is 5.82. The number of rotatable bonds is 1. The third-order valence-electron chi connectivity index (χ3n) is 2.89. The van der Waals surface area contributed by atoms with Crippen molar-refractivity contribution in [1.29, 1.82) is 0 Å². The minimum Gasteiger partial charge on any atom is -0.248 e. The van der Waals surface area contributed by atoms with Gasteiger partial charge in [0.2, 0.25) is 0 Å². The van der Waals surface area contributed by atoms with Crippen molar-refractivity contribution in [3.05, 3.63) is 60.3 Å². The van der Waals surface area contributed by atoms with Crippen molar-refractivity contribution in [2.45, 2.75) is 12.8 Å². The van der Waals surface area contributed by atoms with Crippen LogP contribution in [0.15, 0.2) is 54.6 Å². The second-order valence-corrected chi connectivity index (χ2v) is 4.03. The molecule has 1 heteroatoms. The second kappa shape index (κ2) is 3.93. The predicted molar refractivity (Wildman–Crippen MR) is 68.1 cm³/mol. The topological polar surface area (TPSA) is 12.9 Å². The largest absolute Gasteiger partial charge is 0.248 e. The summed E-state index contributed by atoms with van der Waals surface area (Å²) >= 11 is 0. The summed E-state index contributed by atoms with van der Waals surface area (Å²) in [4.78, 5) is 4.68. The molecule has 2 aromatic rings. The highest BCUT2D eigenvalue weighted by atomic mass is 14.7. The molecular weight excluding hydrogens is 194 g/mol. The Kier molecular flexibility index (Phi) is 2.30. The maximum Gasteiger partial charge on any atom is 0.0709 e. The zero-order chi connectivity index (χ0) is 10.8. The number of fused-ring (bicyclic) bond motifs is 1. The molecule has 1 aliphatic carbocycles. The van der Waals surface area contributed by atoms with Crippen molar-refractivity contribution < 1.29 is 0 Å². The van der Waals surface area contributed by atoms with E-state index in [0.29, 0.717) is 0 Å². The fraction of sp³-hybridized carbons (Fsp3) is 0.133. The molecule has 1 aromatic heterocycles. The van der Waals surface area contributed by atoms with Crippen molar-refractivity contribution >= 4 is 16.5 Å². The Morgan fingerprint density at radius 3 is 2.75 bits per heavy atom. The summed E-state index contributed by atoms with van der Waals surface area (Å²) in [7, 11) is 0. The molecule has 16 heavy (non-hydrogen) atoms. The molecule has 1 nitrogen and oxygen atoms in total. The average molecular weight is 207 g/mol. The van der Waals surface area contributed by atoms with Crippen LogP contribution in [0.3, 0.4) is 0 Å². The Hall–Kier alpha value is -1.89. The first-order valence-electron chi connectivity index (χ1n) is 5.66. The molecule has 0 unspecified atom stereocenters. The van der Waals surface area contributed by atoms with Crippen LogP contribution in [0.4, 0.5) is 0 Å². The van der Waals surface area contributed by atoms with Gasteiger partial charge in [-0.25, -0.2) is 4.98 Å². The Balaban J connectivity index is 2.11. The van der Waals surface area contributed by atoms with E-state index < -0.39 is 0 Å². The van der Waals surface area contributed by atoms with E-state index in [0.717, 1.165) is 24.1 Å². The molecular formula is C15H13N. The van der Waals surface area contributed by atoms with E-state index in [4.69, 9.17) is 0 Å². The van der Waals surface area contributed by atoms with E-state index in [1.165, 1.54) is 11.0 Å². The summed E-state index contributed by atoms with van der Waals surface area (Å²) in [6.07, 6.45) is 8.92. The quantitative estimate of drug-likeness (QED) is 0.689. The number of para-hydroxylation sites is 1. The Morgan fingerprint density at radius 1 is 0.938 bits per heavy atom. The molecule has 0 N–H and O–H groups in total. The summed E-state index contributed by atoms with van der Waals surface area (Å²) < 4.78 is 0. The predicted octanol–water partition coefficient (Wildman–Crippen LogP) is 3.97. The molecule has 0 aliphatic heterocycles. The monoisotopic (exact) mass is 207 g/mol. The molecule has 0 atom stereocenters. The number of pyridine rings is 1. The number of hydrogen-bond donors (Lipinski definition) is 0. The lowest BCUT2D eigenvalue weighted by molar-refractivity contribution is 1.04. The van der Waals surface area contributed by atoms with Crippen molar-refractivity contribution in [3.8, 4) is 0 Å². The number of nitrogens with zero attached hydrogens (tertiary/aromatic N) is 1. The standard InChI is InChI=1S/C15H13N/c1-2-6-12(7-3-1)15-11-10-13-8-4-5-9-14(13)16-15/h2,4-11H,1,3H2. The molecule has 1 aliphatic rings. The third-order valence-corrected chi connectivity index (χ3v) is 2.89. The molecule has 0 bridgehead atoms. The fourth-order valence-electron chi connectivity index (χ4n) is 2.03. The van der Waals surface area contributed by atoms with Gasteiger partial charge in [-0.3, -0.25) is 0 Å². The van der Waals surface area contributed by atoms with Gasteiger partial charge in [0.05, 0.1) is 11.2 Å². The van der Waals surface area contributed by atoms with Gasteiger partial charge in [0, 0.05) is 5.39 Å². The van der Waals surface area contributed by atoms with Crippen LogP contribution in [-0.2, 0) is 0 Å². The second-order valence-electron chi connectivity index (χ2n) is 4.03. The van der Waals surface area contributed by atoms with E-state index in [2.05, 4.69) is 47.5 Å². The Morgan fingerprint density at radius 2 is 1.88 bits per heavy atom. The van der Waals surface area contributed by atoms with Crippen LogP contribution in [0.2, 0.25) is 0 Å². The summed E-state index contributed by atoms with van der Waals surface area (Å²) in [6.45, 7) is 0. The Labute approximate surface area is 95.1 Å². The first-order chi connectivity index (χ1) is 7.93. The maximum absolute atomic E-state index is 4.68. The molecule has 78 valence electrons. The molecule has 0 amide bonds. The summed E-state index contributed by atoms with van der Waals surface area (Å²) in [5, 5.41) is 1.20. The molecule has 0 fully saturated rings. The molecule has 0 radical (unpaired) electrons. The van der Waals surface area contributed by atoms with Crippen LogP contribution in [0.25, 0.3) is 16.5 Å². The number of hydrogen-bond acceptors (Lipinski definition) is 1. The third kappa shape index (κ3) is 1.65. The highest BCUT2D eigenvalue weighted by Gasteiger charge is 2.03. The smallest absolute Gasteiger partial charge is 0.0709 e. The van der Waals surface area contributed by atoms with Crippen LogP contribution in [0.5, 0.6) is 0 Å². The molecule has 1 aromatic carbocycles. The maximum atomic E-state index is 4.68. The van der Waals surface area contributed by atoms with E-state index in [1.54, 1.807) is 0 Å². The SMILES string of the molecule is C1=CC(c2ccc3ccccc3n2)=CCC1. The van der Waals surface area contributed by atoms with Crippen LogP contribution in [0.1, 0.15) is 18.5 Å². The van der Waals surface area contributed by atoms with Gasteiger partial charge >= 0.3 is 0 Å². The minimum absolute atomic E-state index is 1.07. The average Bonchev–Trinajstić information content (AvgIpc) is 2.39. The van der Waals surface area contributed by atoms with E-state index in [9.17, 15) is 0 Å². The lowest BCUT2D eigenvalue weighted by Crippen LogP contribution is -1.90. The number of allylic oxidation sites excluding steroid dienone is 4. The van der Waals surface area contributed by atoms with Crippen LogP contribution >= 0.6 is 0 Å².